The van der Waals surface area contributed by atoms with Gasteiger partial charge in [0.1, 0.15) is 12.1 Å². The number of allylic oxidation sites excluding steroid dienone is 8. The number of ether oxygens (including phenoxy) is 1. The highest BCUT2D eigenvalue weighted by Gasteiger charge is 2.19. The van der Waals surface area contributed by atoms with E-state index in [0.717, 1.165) is 89.9 Å². The normalized spacial score (nSPS) is 12.9. The Morgan fingerprint density at radius 1 is 0.545 bits per heavy atom. The topological polar surface area (TPSA) is 142 Å². The Hall–Kier alpha value is -3.20. The second-order valence-electron chi connectivity index (χ2n) is 14.8. The zero-order valence-corrected chi connectivity index (χ0v) is 34.9. The lowest BCUT2D eigenvalue weighted by Crippen LogP contribution is -2.47. The van der Waals surface area contributed by atoms with Crippen LogP contribution in [-0.2, 0) is 23.9 Å². The van der Waals surface area contributed by atoms with E-state index >= 15 is 0 Å². The number of unbranched alkanes of at least 4 members (excludes halogenated alkanes) is 17. The molecule has 0 aliphatic rings. The molecule has 0 aromatic rings. The molecule has 0 spiro atoms. The maximum Gasteiger partial charge on any atom is 0.328 e. The van der Waals surface area contributed by atoms with Crippen molar-refractivity contribution in [2.24, 2.45) is 0 Å². The predicted octanol–water partition coefficient (Wildman–Crippen LogP) is 10.8. The molecule has 9 nitrogen and oxygen atoms in total. The van der Waals surface area contributed by atoms with Crippen molar-refractivity contribution in [3.8, 4) is 0 Å². The number of esters is 1. The van der Waals surface area contributed by atoms with E-state index < -0.39 is 24.5 Å². The number of hydrogen-bond donors (Lipinski definition) is 4. The maximum atomic E-state index is 12.8. The van der Waals surface area contributed by atoms with Crippen LogP contribution in [0.1, 0.15) is 194 Å². The molecule has 2 atom stereocenters. The molecule has 0 aromatic heterocycles. The Balaban J connectivity index is 4.42. The molecule has 0 saturated heterocycles. The lowest BCUT2D eigenvalue weighted by Gasteiger charge is -2.18. The highest BCUT2D eigenvalue weighted by Crippen LogP contribution is 2.17. The number of nitrogens with one attached hydrogen (secondary N) is 2. The molecular formula is C46H80N2O7. The third-order valence-electron chi connectivity index (χ3n) is 9.55. The van der Waals surface area contributed by atoms with Crippen molar-refractivity contribution in [2.45, 2.75) is 206 Å². The van der Waals surface area contributed by atoms with Crippen LogP contribution in [0, 0.1) is 0 Å². The largest absolute Gasteiger partial charge is 0.480 e. The predicted molar refractivity (Wildman–Crippen MR) is 227 cm³/mol. The Bertz CT molecular complexity index is 1070. The second-order valence-corrected chi connectivity index (χ2v) is 14.8. The first kappa shape index (κ1) is 51.8. The SMILES string of the molecule is CCCC/C=C\C/C=C\CCCCCCCC(=O)OC(CCC/C=C\C/C=C\CCCCCCC)CCCCCCCC(=O)NCC(=O)NC(CO)C(=O)O. The van der Waals surface area contributed by atoms with Gasteiger partial charge in [0.25, 0.3) is 0 Å². The highest BCUT2D eigenvalue weighted by atomic mass is 16.5. The van der Waals surface area contributed by atoms with E-state index in [1.54, 1.807) is 0 Å². The highest BCUT2D eigenvalue weighted by molar-refractivity contribution is 5.87. The average molecular weight is 773 g/mol. The number of amides is 2. The van der Waals surface area contributed by atoms with Crippen molar-refractivity contribution >= 4 is 23.8 Å². The minimum Gasteiger partial charge on any atom is -0.480 e. The van der Waals surface area contributed by atoms with Crippen LogP contribution in [0.4, 0.5) is 0 Å². The number of carbonyl (C=O) groups excluding carboxylic acids is 3. The van der Waals surface area contributed by atoms with Crippen molar-refractivity contribution in [1.29, 1.82) is 0 Å². The molecule has 0 aromatic carbocycles. The molecule has 316 valence electrons. The minimum absolute atomic E-state index is 0.0646. The summed E-state index contributed by atoms with van der Waals surface area (Å²) >= 11 is 0. The van der Waals surface area contributed by atoms with Gasteiger partial charge in [-0.2, -0.15) is 0 Å². The molecule has 0 aliphatic carbocycles. The van der Waals surface area contributed by atoms with Crippen LogP contribution in [-0.4, -0.2) is 59.3 Å². The zero-order chi connectivity index (χ0) is 40.5. The summed E-state index contributed by atoms with van der Waals surface area (Å²) < 4.78 is 6.00. The van der Waals surface area contributed by atoms with Crippen LogP contribution in [0.2, 0.25) is 0 Å². The molecule has 0 bridgehead atoms. The first-order valence-corrected chi connectivity index (χ1v) is 22.0. The van der Waals surface area contributed by atoms with E-state index in [2.05, 4.69) is 73.1 Å². The first-order chi connectivity index (χ1) is 26.8. The summed E-state index contributed by atoms with van der Waals surface area (Å²) in [6, 6.07) is -1.39. The van der Waals surface area contributed by atoms with Gasteiger partial charge >= 0.3 is 11.9 Å². The van der Waals surface area contributed by atoms with Gasteiger partial charge in [0.05, 0.1) is 13.2 Å². The van der Waals surface area contributed by atoms with Gasteiger partial charge in [-0.05, 0) is 89.9 Å². The van der Waals surface area contributed by atoms with Crippen LogP contribution >= 0.6 is 0 Å². The molecule has 2 amide bonds. The quantitative estimate of drug-likeness (QED) is 0.0277. The number of rotatable bonds is 39. The number of aliphatic carboxylic acids is 1. The summed E-state index contributed by atoms with van der Waals surface area (Å²) in [5, 5.41) is 22.5. The smallest absolute Gasteiger partial charge is 0.328 e. The molecular weight excluding hydrogens is 693 g/mol. The van der Waals surface area contributed by atoms with Gasteiger partial charge in [-0.15, -0.1) is 0 Å². The number of carboxylic acid groups (broad SMARTS) is 1. The van der Waals surface area contributed by atoms with Crippen molar-refractivity contribution in [3.63, 3.8) is 0 Å². The van der Waals surface area contributed by atoms with Crippen molar-refractivity contribution in [3.05, 3.63) is 48.6 Å². The molecule has 0 fully saturated rings. The number of aliphatic hydroxyl groups is 1. The summed E-state index contributed by atoms with van der Waals surface area (Å²) in [4.78, 5) is 47.6. The molecule has 4 N–H and O–H groups in total. The van der Waals surface area contributed by atoms with E-state index in [1.165, 1.54) is 70.6 Å². The van der Waals surface area contributed by atoms with Crippen LogP contribution < -0.4 is 10.6 Å². The zero-order valence-electron chi connectivity index (χ0n) is 34.9. The van der Waals surface area contributed by atoms with E-state index in [-0.39, 0.29) is 30.9 Å². The Labute approximate surface area is 335 Å². The van der Waals surface area contributed by atoms with Gasteiger partial charge in [0.15, 0.2) is 0 Å². The fraction of sp³-hybridized carbons (Fsp3) is 0.739. The Morgan fingerprint density at radius 2 is 1.02 bits per heavy atom. The number of carboxylic acids is 1. The minimum atomic E-state index is -1.39. The summed E-state index contributed by atoms with van der Waals surface area (Å²) in [7, 11) is 0. The van der Waals surface area contributed by atoms with Gasteiger partial charge in [-0.25, -0.2) is 4.79 Å². The molecule has 0 aliphatic heterocycles. The molecule has 0 heterocycles. The van der Waals surface area contributed by atoms with Gasteiger partial charge in [0, 0.05) is 12.8 Å². The molecule has 0 radical (unpaired) electrons. The second kappa shape index (κ2) is 40.5. The average Bonchev–Trinajstić information content (AvgIpc) is 3.17. The number of carbonyl (C=O) groups is 4. The van der Waals surface area contributed by atoms with Crippen LogP contribution in [0.25, 0.3) is 0 Å². The Kier molecular flexibility index (Phi) is 38.1. The third kappa shape index (κ3) is 37.5. The lowest BCUT2D eigenvalue weighted by atomic mass is 10.0. The van der Waals surface area contributed by atoms with Gasteiger partial charge in [-0.3, -0.25) is 14.4 Å². The van der Waals surface area contributed by atoms with Crippen molar-refractivity contribution in [2.75, 3.05) is 13.2 Å². The van der Waals surface area contributed by atoms with E-state index in [0.29, 0.717) is 12.8 Å². The fourth-order valence-corrected chi connectivity index (χ4v) is 6.12. The molecule has 0 rings (SSSR count). The molecule has 0 saturated carbocycles. The van der Waals surface area contributed by atoms with E-state index in [9.17, 15) is 19.2 Å². The number of hydrogen-bond acceptors (Lipinski definition) is 6. The molecule has 55 heavy (non-hydrogen) atoms. The maximum absolute atomic E-state index is 12.8. The van der Waals surface area contributed by atoms with E-state index in [4.69, 9.17) is 14.9 Å². The van der Waals surface area contributed by atoms with Crippen molar-refractivity contribution < 1.29 is 34.1 Å². The standard InChI is InChI=1S/C46H80N2O7/c1-3-5-7-9-11-13-15-17-19-21-23-25-30-34-38-45(52)55-41(35-31-27-24-22-20-18-16-14-12-10-8-6-4-2)36-32-28-26-29-33-37-43(50)47-39-44(51)48-42(40-49)46(53)54/h9,11,15-18,22,24,41-42,49H,3-8,10,12-14,19-21,23,25-40H2,1-2H3,(H,47,50)(H,48,51)(H,53,54)/b11-9-,17-15-,18-16-,24-22-. The third-order valence-corrected chi connectivity index (χ3v) is 9.55. The van der Waals surface area contributed by atoms with Gasteiger partial charge in [-0.1, -0.05) is 140 Å². The van der Waals surface area contributed by atoms with E-state index in [1.807, 2.05) is 0 Å². The summed E-state index contributed by atoms with van der Waals surface area (Å²) in [5.74, 6) is -2.34. The summed E-state index contributed by atoms with van der Waals surface area (Å²) in [6.45, 7) is 3.42. The monoisotopic (exact) mass is 773 g/mol. The fourth-order valence-electron chi connectivity index (χ4n) is 6.12. The van der Waals surface area contributed by atoms with Crippen molar-refractivity contribution in [1.82, 2.24) is 10.6 Å². The molecule has 2 unspecified atom stereocenters. The summed E-state index contributed by atoms with van der Waals surface area (Å²) in [5.41, 5.74) is 0. The van der Waals surface area contributed by atoms with Gasteiger partial charge < -0.3 is 25.6 Å². The summed E-state index contributed by atoms with van der Waals surface area (Å²) in [6.07, 6.45) is 47.0. The number of aliphatic hydroxyl groups excluding tert-OH is 1. The first-order valence-electron chi connectivity index (χ1n) is 22.0. The lowest BCUT2D eigenvalue weighted by molar-refractivity contribution is -0.150. The molecule has 9 heteroatoms. The van der Waals surface area contributed by atoms with Crippen LogP contribution in [0.5, 0.6) is 0 Å². The van der Waals surface area contributed by atoms with Gasteiger partial charge in [0.2, 0.25) is 11.8 Å². The van der Waals surface area contributed by atoms with Crippen LogP contribution in [0.15, 0.2) is 48.6 Å². The van der Waals surface area contributed by atoms with Crippen LogP contribution in [0.3, 0.4) is 0 Å². The Morgan fingerprint density at radius 3 is 1.58 bits per heavy atom.